The van der Waals surface area contributed by atoms with Gasteiger partial charge in [-0.1, -0.05) is 12.5 Å². The van der Waals surface area contributed by atoms with Crippen molar-refractivity contribution in [3.05, 3.63) is 42.2 Å². The maximum atomic E-state index is 11.2. The van der Waals surface area contributed by atoms with Crippen LogP contribution in [0.2, 0.25) is 0 Å². The molecule has 122 valence electrons. The number of carboxylic acid groups (broad SMARTS) is 1. The standard InChI is InChI=1S/C18H18N4O2/c23-18(24)12-4-5-13-15-11-19-7-6-14(15)17(20-16(13)10-12)21-22-8-2-1-3-9-22/h4-7,10-11H,1-3,8-9H2,(H,20,21)(H,23,24). The van der Waals surface area contributed by atoms with Crippen molar-refractivity contribution in [3.63, 3.8) is 0 Å². The lowest BCUT2D eigenvalue weighted by Crippen LogP contribution is -2.35. The third-order valence-electron chi connectivity index (χ3n) is 4.46. The zero-order chi connectivity index (χ0) is 16.5. The summed E-state index contributed by atoms with van der Waals surface area (Å²) in [6, 6.07) is 6.97. The summed E-state index contributed by atoms with van der Waals surface area (Å²) in [5.41, 5.74) is 4.31. The summed E-state index contributed by atoms with van der Waals surface area (Å²) in [7, 11) is 0. The Kier molecular flexibility index (Phi) is 3.74. The Morgan fingerprint density at radius 2 is 1.92 bits per heavy atom. The number of carboxylic acids is 1. The minimum Gasteiger partial charge on any atom is -0.478 e. The number of aromatic nitrogens is 2. The van der Waals surface area contributed by atoms with Gasteiger partial charge < -0.3 is 10.5 Å². The largest absolute Gasteiger partial charge is 0.478 e. The van der Waals surface area contributed by atoms with Gasteiger partial charge in [-0.05, 0) is 31.0 Å². The first-order valence-electron chi connectivity index (χ1n) is 8.15. The van der Waals surface area contributed by atoms with Gasteiger partial charge in [0.25, 0.3) is 0 Å². The molecule has 0 radical (unpaired) electrons. The molecule has 1 fully saturated rings. The number of benzene rings is 1. The lowest BCUT2D eigenvalue weighted by atomic mass is 10.1. The average Bonchev–Trinajstić information content (AvgIpc) is 2.62. The van der Waals surface area contributed by atoms with Crippen molar-refractivity contribution in [3.8, 4) is 0 Å². The van der Waals surface area contributed by atoms with Crippen LogP contribution in [0.1, 0.15) is 29.6 Å². The Bertz CT molecular complexity index is 919. The van der Waals surface area contributed by atoms with E-state index in [1.54, 1.807) is 30.6 Å². The van der Waals surface area contributed by atoms with E-state index in [0.29, 0.717) is 5.52 Å². The van der Waals surface area contributed by atoms with E-state index in [0.717, 1.165) is 35.1 Å². The molecule has 4 rings (SSSR count). The number of piperidine rings is 1. The van der Waals surface area contributed by atoms with E-state index in [-0.39, 0.29) is 5.56 Å². The third kappa shape index (κ3) is 2.65. The molecule has 1 aromatic carbocycles. The maximum absolute atomic E-state index is 11.2. The van der Waals surface area contributed by atoms with E-state index in [1.807, 2.05) is 6.07 Å². The van der Waals surface area contributed by atoms with Gasteiger partial charge in [0.15, 0.2) is 0 Å². The molecule has 2 aromatic heterocycles. The summed E-state index contributed by atoms with van der Waals surface area (Å²) in [5.74, 6) is -0.195. The fraction of sp³-hybridized carbons (Fsp3) is 0.278. The molecular formula is C18H18N4O2. The number of nitrogens with zero attached hydrogens (tertiary/aromatic N) is 3. The molecule has 24 heavy (non-hydrogen) atoms. The van der Waals surface area contributed by atoms with Crippen molar-refractivity contribution in [2.24, 2.45) is 0 Å². The summed E-state index contributed by atoms with van der Waals surface area (Å²) in [6.45, 7) is 1.98. The first-order chi connectivity index (χ1) is 11.7. The highest BCUT2D eigenvalue weighted by Gasteiger charge is 2.15. The van der Waals surface area contributed by atoms with Crippen molar-refractivity contribution in [2.75, 3.05) is 18.5 Å². The fourth-order valence-electron chi connectivity index (χ4n) is 3.22. The molecule has 0 bridgehead atoms. The van der Waals surface area contributed by atoms with Crippen molar-refractivity contribution in [1.29, 1.82) is 0 Å². The van der Waals surface area contributed by atoms with E-state index < -0.39 is 5.97 Å². The summed E-state index contributed by atoms with van der Waals surface area (Å²) < 4.78 is 0. The second-order valence-corrected chi connectivity index (χ2v) is 6.08. The van der Waals surface area contributed by atoms with Gasteiger partial charge in [0, 0.05) is 41.6 Å². The van der Waals surface area contributed by atoms with Gasteiger partial charge in [-0.15, -0.1) is 0 Å². The van der Waals surface area contributed by atoms with Gasteiger partial charge >= 0.3 is 5.97 Å². The molecular weight excluding hydrogens is 304 g/mol. The number of hydrogen-bond donors (Lipinski definition) is 2. The third-order valence-corrected chi connectivity index (χ3v) is 4.46. The monoisotopic (exact) mass is 322 g/mol. The fourth-order valence-corrected chi connectivity index (χ4v) is 3.22. The number of pyridine rings is 2. The topological polar surface area (TPSA) is 78.3 Å². The van der Waals surface area contributed by atoms with Crippen LogP contribution in [0.25, 0.3) is 21.7 Å². The van der Waals surface area contributed by atoms with Gasteiger partial charge in [-0.25, -0.2) is 14.8 Å². The van der Waals surface area contributed by atoms with Crippen LogP contribution < -0.4 is 5.43 Å². The number of hydrogen-bond acceptors (Lipinski definition) is 5. The molecule has 0 amide bonds. The summed E-state index contributed by atoms with van der Waals surface area (Å²) in [6.07, 6.45) is 7.16. The highest BCUT2D eigenvalue weighted by atomic mass is 16.4. The molecule has 2 N–H and O–H groups in total. The van der Waals surface area contributed by atoms with Crippen LogP contribution in [0, 0.1) is 0 Å². The molecule has 0 spiro atoms. The van der Waals surface area contributed by atoms with Crippen LogP contribution in [0.15, 0.2) is 36.7 Å². The second kappa shape index (κ2) is 6.05. The van der Waals surface area contributed by atoms with E-state index in [1.165, 1.54) is 19.3 Å². The molecule has 3 aromatic rings. The lowest BCUT2D eigenvalue weighted by Gasteiger charge is -2.28. The minimum atomic E-state index is -0.949. The van der Waals surface area contributed by atoms with Gasteiger partial charge in [0.05, 0.1) is 11.1 Å². The van der Waals surface area contributed by atoms with Crippen LogP contribution in [-0.2, 0) is 0 Å². The first-order valence-corrected chi connectivity index (χ1v) is 8.15. The smallest absolute Gasteiger partial charge is 0.335 e. The SMILES string of the molecule is O=C(O)c1ccc2c(c1)nc(NN1CCCCC1)c1ccncc12. The van der Waals surface area contributed by atoms with Gasteiger partial charge in [0.1, 0.15) is 5.82 Å². The summed E-state index contributed by atoms with van der Waals surface area (Å²) >= 11 is 0. The first kappa shape index (κ1) is 14.8. The van der Waals surface area contributed by atoms with Gasteiger partial charge in [-0.3, -0.25) is 4.98 Å². The number of carbonyl (C=O) groups is 1. The zero-order valence-electron chi connectivity index (χ0n) is 13.2. The Morgan fingerprint density at radius 1 is 1.08 bits per heavy atom. The lowest BCUT2D eigenvalue weighted by molar-refractivity contribution is 0.0697. The molecule has 1 saturated heterocycles. The van der Waals surface area contributed by atoms with Crippen molar-refractivity contribution >= 4 is 33.5 Å². The van der Waals surface area contributed by atoms with E-state index in [2.05, 4.69) is 15.4 Å². The normalized spacial score (nSPS) is 15.7. The van der Waals surface area contributed by atoms with Crippen LogP contribution in [-0.4, -0.2) is 39.1 Å². The molecule has 0 unspecified atom stereocenters. The molecule has 6 nitrogen and oxygen atoms in total. The summed E-state index contributed by atoms with van der Waals surface area (Å²) in [5, 5.41) is 14.3. The number of anilines is 1. The van der Waals surface area contributed by atoms with Crippen LogP contribution in [0.3, 0.4) is 0 Å². The van der Waals surface area contributed by atoms with Gasteiger partial charge in [0.2, 0.25) is 0 Å². The van der Waals surface area contributed by atoms with Crippen LogP contribution >= 0.6 is 0 Å². The highest BCUT2D eigenvalue weighted by molar-refractivity contribution is 6.10. The number of fused-ring (bicyclic) bond motifs is 3. The molecule has 1 aliphatic rings. The Labute approximate surface area is 139 Å². The zero-order valence-corrected chi connectivity index (χ0v) is 13.2. The Morgan fingerprint density at radius 3 is 2.71 bits per heavy atom. The number of rotatable bonds is 3. The molecule has 0 aliphatic carbocycles. The minimum absolute atomic E-state index is 0.238. The molecule has 0 atom stereocenters. The maximum Gasteiger partial charge on any atom is 0.335 e. The highest BCUT2D eigenvalue weighted by Crippen LogP contribution is 2.29. The molecule has 3 heterocycles. The Balaban J connectivity index is 1.87. The van der Waals surface area contributed by atoms with Gasteiger partial charge in [-0.2, -0.15) is 0 Å². The van der Waals surface area contributed by atoms with E-state index in [4.69, 9.17) is 4.98 Å². The number of hydrazine groups is 1. The summed E-state index contributed by atoms with van der Waals surface area (Å²) in [4.78, 5) is 20.2. The van der Waals surface area contributed by atoms with Crippen LogP contribution in [0.5, 0.6) is 0 Å². The van der Waals surface area contributed by atoms with Crippen LogP contribution in [0.4, 0.5) is 5.82 Å². The predicted molar refractivity (Wildman–Crippen MR) is 93.1 cm³/mol. The molecule has 1 aliphatic heterocycles. The van der Waals surface area contributed by atoms with E-state index >= 15 is 0 Å². The molecule has 6 heteroatoms. The van der Waals surface area contributed by atoms with Crippen molar-refractivity contribution in [2.45, 2.75) is 19.3 Å². The Hall–Kier alpha value is -2.73. The average molecular weight is 322 g/mol. The number of aromatic carboxylic acids is 1. The molecule has 0 saturated carbocycles. The van der Waals surface area contributed by atoms with Crippen molar-refractivity contribution < 1.29 is 9.90 Å². The van der Waals surface area contributed by atoms with Crippen molar-refractivity contribution in [1.82, 2.24) is 15.0 Å². The number of nitrogens with one attached hydrogen (secondary N) is 1. The quantitative estimate of drug-likeness (QED) is 0.720. The second-order valence-electron chi connectivity index (χ2n) is 6.08. The van der Waals surface area contributed by atoms with E-state index in [9.17, 15) is 9.90 Å². The predicted octanol–water partition coefficient (Wildman–Crippen LogP) is 3.29.